The quantitative estimate of drug-likeness (QED) is 0.424. The van der Waals surface area contributed by atoms with Crippen LogP contribution in [0.25, 0.3) is 0 Å². The van der Waals surface area contributed by atoms with Crippen LogP contribution in [0.4, 0.5) is 0 Å². The van der Waals surface area contributed by atoms with Crippen LogP contribution in [0.15, 0.2) is 37.0 Å². The van der Waals surface area contributed by atoms with Gasteiger partial charge in [0.1, 0.15) is 0 Å². The normalized spacial score (nSPS) is 39.7. The van der Waals surface area contributed by atoms with Crippen molar-refractivity contribution < 1.29 is 9.47 Å². The Morgan fingerprint density at radius 3 is 3.25 bits per heavy atom. The van der Waals surface area contributed by atoms with Crippen LogP contribution in [0.5, 0.6) is 0 Å². The molecule has 0 radical (unpaired) electrons. The van der Waals surface area contributed by atoms with E-state index in [1.54, 1.807) is 0 Å². The Bertz CT molecular complexity index is 394. The largest absolute Gasteiger partial charge is 0.350 e. The van der Waals surface area contributed by atoms with Crippen molar-refractivity contribution in [3.63, 3.8) is 0 Å². The first-order valence-electron chi connectivity index (χ1n) is 8.08. The summed E-state index contributed by atoms with van der Waals surface area (Å²) in [5.41, 5.74) is 0. The standard InChI is InChI=1S/C18H26O2/c1-2-3-4-5-13-19-18-12-7-10-15-8-6-9-16(17(15)18)11-14-20-18/h2-4,6,9,15-17H,1,5,7-8,10-14H2/b4-3+/t15-,16+,17-,18+/m1/s1. The molecular weight excluding hydrogens is 248 g/mol. The molecule has 0 aromatic carbocycles. The summed E-state index contributed by atoms with van der Waals surface area (Å²) in [5.74, 6) is 1.73. The van der Waals surface area contributed by atoms with Gasteiger partial charge in [0.25, 0.3) is 0 Å². The van der Waals surface area contributed by atoms with Crippen LogP contribution >= 0.6 is 0 Å². The summed E-state index contributed by atoms with van der Waals surface area (Å²) >= 11 is 0. The summed E-state index contributed by atoms with van der Waals surface area (Å²) in [7, 11) is 0. The van der Waals surface area contributed by atoms with Crippen molar-refractivity contribution in [1.29, 1.82) is 0 Å². The summed E-state index contributed by atoms with van der Waals surface area (Å²) in [6, 6.07) is 0. The van der Waals surface area contributed by atoms with Crippen molar-refractivity contribution in [3.05, 3.63) is 37.0 Å². The summed E-state index contributed by atoms with van der Waals surface area (Å²) in [6.07, 6.45) is 17.7. The van der Waals surface area contributed by atoms with E-state index in [0.29, 0.717) is 11.8 Å². The van der Waals surface area contributed by atoms with Crippen molar-refractivity contribution in [2.24, 2.45) is 17.8 Å². The second-order valence-corrected chi connectivity index (χ2v) is 6.26. The molecule has 1 saturated carbocycles. The third-order valence-corrected chi connectivity index (χ3v) is 5.10. The van der Waals surface area contributed by atoms with E-state index in [1.165, 1.54) is 25.7 Å². The molecule has 1 heterocycles. The van der Waals surface area contributed by atoms with Crippen LogP contribution in [-0.2, 0) is 9.47 Å². The van der Waals surface area contributed by atoms with E-state index >= 15 is 0 Å². The van der Waals surface area contributed by atoms with E-state index in [2.05, 4.69) is 24.8 Å². The molecule has 1 saturated heterocycles. The minimum absolute atomic E-state index is 0.293. The molecule has 0 N–H and O–H groups in total. The van der Waals surface area contributed by atoms with Gasteiger partial charge in [-0.2, -0.15) is 0 Å². The minimum Gasteiger partial charge on any atom is -0.350 e. The second-order valence-electron chi connectivity index (χ2n) is 6.26. The zero-order valence-corrected chi connectivity index (χ0v) is 12.3. The zero-order chi connectivity index (χ0) is 13.8. The lowest BCUT2D eigenvalue weighted by molar-refractivity contribution is -0.316. The van der Waals surface area contributed by atoms with Crippen molar-refractivity contribution >= 4 is 0 Å². The smallest absolute Gasteiger partial charge is 0.171 e. The van der Waals surface area contributed by atoms with E-state index in [-0.39, 0.29) is 5.79 Å². The van der Waals surface area contributed by atoms with Gasteiger partial charge in [-0.3, -0.25) is 0 Å². The average Bonchev–Trinajstić information content (AvgIpc) is 2.48. The Morgan fingerprint density at radius 2 is 2.35 bits per heavy atom. The predicted octanol–water partition coefficient (Wildman–Crippen LogP) is 4.24. The molecule has 0 unspecified atom stereocenters. The molecule has 0 spiro atoms. The Kier molecular flexibility index (Phi) is 4.42. The fourth-order valence-corrected chi connectivity index (χ4v) is 4.32. The van der Waals surface area contributed by atoms with Crippen LogP contribution in [0, 0.1) is 17.8 Å². The molecule has 2 heteroatoms. The molecule has 3 rings (SSSR count). The summed E-state index contributed by atoms with van der Waals surface area (Å²) in [4.78, 5) is 0. The van der Waals surface area contributed by atoms with Gasteiger partial charge < -0.3 is 9.47 Å². The fourth-order valence-electron chi connectivity index (χ4n) is 4.32. The molecule has 4 atom stereocenters. The fraction of sp³-hybridized carbons (Fsp3) is 0.667. The highest BCUT2D eigenvalue weighted by molar-refractivity contribution is 5.08. The third kappa shape index (κ3) is 2.64. The summed E-state index contributed by atoms with van der Waals surface area (Å²) < 4.78 is 12.5. The Labute approximate surface area is 122 Å². The maximum atomic E-state index is 6.32. The van der Waals surface area contributed by atoms with E-state index in [4.69, 9.17) is 9.47 Å². The first-order valence-corrected chi connectivity index (χ1v) is 8.08. The summed E-state index contributed by atoms with van der Waals surface area (Å²) in [5, 5.41) is 0. The highest BCUT2D eigenvalue weighted by atomic mass is 16.7. The van der Waals surface area contributed by atoms with Crippen LogP contribution in [0.2, 0.25) is 0 Å². The number of hydrogen-bond donors (Lipinski definition) is 0. The first-order chi connectivity index (χ1) is 9.86. The van der Waals surface area contributed by atoms with Crippen molar-refractivity contribution in [3.8, 4) is 0 Å². The van der Waals surface area contributed by atoms with E-state index < -0.39 is 0 Å². The van der Waals surface area contributed by atoms with Gasteiger partial charge in [-0.1, -0.05) is 37.0 Å². The Hall–Kier alpha value is -0.860. The van der Waals surface area contributed by atoms with Gasteiger partial charge in [-0.15, -0.1) is 0 Å². The number of hydrogen-bond acceptors (Lipinski definition) is 2. The van der Waals surface area contributed by atoms with Crippen LogP contribution in [0.1, 0.15) is 38.5 Å². The minimum atomic E-state index is -0.293. The van der Waals surface area contributed by atoms with Gasteiger partial charge in [0.15, 0.2) is 5.79 Å². The molecule has 110 valence electrons. The second kappa shape index (κ2) is 6.28. The molecule has 2 nitrogen and oxygen atoms in total. The molecule has 0 aromatic heterocycles. The van der Waals surface area contributed by atoms with Gasteiger partial charge in [0, 0.05) is 12.3 Å². The molecular formula is C18H26O2. The highest BCUT2D eigenvalue weighted by Gasteiger charge is 2.53. The van der Waals surface area contributed by atoms with Crippen LogP contribution in [0.3, 0.4) is 0 Å². The third-order valence-electron chi connectivity index (χ3n) is 5.10. The summed E-state index contributed by atoms with van der Waals surface area (Å²) in [6.45, 7) is 5.29. The Balaban J connectivity index is 1.69. The van der Waals surface area contributed by atoms with E-state index in [9.17, 15) is 0 Å². The Morgan fingerprint density at radius 1 is 1.40 bits per heavy atom. The highest BCUT2D eigenvalue weighted by Crippen LogP contribution is 2.52. The topological polar surface area (TPSA) is 18.5 Å². The lowest BCUT2D eigenvalue weighted by Crippen LogP contribution is -2.56. The first kappa shape index (κ1) is 14.1. The molecule has 2 aliphatic carbocycles. The van der Waals surface area contributed by atoms with Crippen molar-refractivity contribution in [2.75, 3.05) is 13.2 Å². The maximum absolute atomic E-state index is 6.32. The van der Waals surface area contributed by atoms with Crippen LogP contribution in [-0.4, -0.2) is 19.0 Å². The number of allylic oxidation sites excluding steroid dienone is 4. The lowest BCUT2D eigenvalue weighted by Gasteiger charge is -2.54. The van der Waals surface area contributed by atoms with Gasteiger partial charge >= 0.3 is 0 Å². The lowest BCUT2D eigenvalue weighted by atomic mass is 9.63. The molecule has 2 fully saturated rings. The number of rotatable bonds is 5. The zero-order valence-electron chi connectivity index (χ0n) is 12.3. The maximum Gasteiger partial charge on any atom is 0.171 e. The van der Waals surface area contributed by atoms with Gasteiger partial charge in [0.2, 0.25) is 0 Å². The molecule has 3 aliphatic rings. The van der Waals surface area contributed by atoms with Crippen molar-refractivity contribution in [1.82, 2.24) is 0 Å². The molecule has 0 aromatic rings. The van der Waals surface area contributed by atoms with Gasteiger partial charge in [0.05, 0.1) is 13.2 Å². The van der Waals surface area contributed by atoms with Crippen LogP contribution < -0.4 is 0 Å². The van der Waals surface area contributed by atoms with Crippen molar-refractivity contribution in [2.45, 2.75) is 44.3 Å². The molecule has 20 heavy (non-hydrogen) atoms. The average molecular weight is 274 g/mol. The molecule has 0 amide bonds. The van der Waals surface area contributed by atoms with Gasteiger partial charge in [-0.25, -0.2) is 0 Å². The molecule has 0 bridgehead atoms. The predicted molar refractivity (Wildman–Crippen MR) is 81.3 cm³/mol. The molecule has 1 aliphatic heterocycles. The van der Waals surface area contributed by atoms with E-state index in [0.717, 1.165) is 32.0 Å². The van der Waals surface area contributed by atoms with E-state index in [1.807, 2.05) is 12.2 Å². The SMILES string of the molecule is C=C/C=C/CCO[C@@]12CCC[C@H]3CC=C[C@@H](CCO1)[C@@H]32. The number of ether oxygens (including phenoxy) is 2. The van der Waals surface area contributed by atoms with Gasteiger partial charge in [-0.05, 0) is 43.9 Å². The monoisotopic (exact) mass is 274 g/mol.